The summed E-state index contributed by atoms with van der Waals surface area (Å²) in [6.07, 6.45) is 2.92. The number of aromatic nitrogens is 2. The normalized spacial score (nSPS) is 11.0. The Bertz CT molecular complexity index is 1360. The molecule has 188 valence electrons. The summed E-state index contributed by atoms with van der Waals surface area (Å²) in [5, 5.41) is 12.8. The maximum absolute atomic E-state index is 12.6. The van der Waals surface area contributed by atoms with Crippen molar-refractivity contribution in [3.63, 3.8) is 0 Å². The first-order valence-corrected chi connectivity index (χ1v) is 12.2. The van der Waals surface area contributed by atoms with E-state index in [0.29, 0.717) is 17.2 Å². The van der Waals surface area contributed by atoms with E-state index in [4.69, 9.17) is 26.4 Å². The number of benzene rings is 2. The molecule has 11 nitrogen and oxygen atoms in total. The monoisotopic (exact) mass is 529 g/mol. The molecule has 0 unspecified atom stereocenters. The zero-order chi connectivity index (χ0) is 26.1. The van der Waals surface area contributed by atoms with Crippen molar-refractivity contribution < 1.29 is 27.4 Å². The van der Waals surface area contributed by atoms with Crippen molar-refractivity contribution in [1.29, 1.82) is 0 Å². The van der Waals surface area contributed by atoms with Gasteiger partial charge in [0.05, 0.1) is 26.2 Å². The van der Waals surface area contributed by atoms with Gasteiger partial charge < -0.3 is 19.5 Å². The number of amides is 1. The summed E-state index contributed by atoms with van der Waals surface area (Å²) in [6.45, 7) is 0. The molecule has 1 aromatic heterocycles. The van der Waals surface area contributed by atoms with Crippen LogP contribution in [0, 0.1) is 0 Å². The number of methoxy groups -OCH3 is 3. The number of thiocarbonyl (C=S) groups is 1. The summed E-state index contributed by atoms with van der Waals surface area (Å²) < 4.78 is 42.8. The molecule has 0 saturated heterocycles. The number of rotatable bonds is 9. The molecule has 3 rings (SSSR count). The van der Waals surface area contributed by atoms with E-state index >= 15 is 0 Å². The third-order valence-electron chi connectivity index (χ3n) is 4.58. The van der Waals surface area contributed by atoms with Gasteiger partial charge in [0.25, 0.3) is 10.0 Å². The number of anilines is 2. The Morgan fingerprint density at radius 2 is 1.64 bits per heavy atom. The van der Waals surface area contributed by atoms with Crippen LogP contribution in [0.4, 0.5) is 11.5 Å². The van der Waals surface area contributed by atoms with Crippen molar-refractivity contribution >= 4 is 50.8 Å². The lowest BCUT2D eigenvalue weighted by Gasteiger charge is -2.10. The average Bonchev–Trinajstić information content (AvgIpc) is 2.87. The van der Waals surface area contributed by atoms with Crippen LogP contribution in [0.2, 0.25) is 0 Å². The van der Waals surface area contributed by atoms with Gasteiger partial charge in [-0.1, -0.05) is 6.07 Å². The molecule has 0 spiro atoms. The molecule has 36 heavy (non-hydrogen) atoms. The second kappa shape index (κ2) is 12.0. The van der Waals surface area contributed by atoms with E-state index in [1.807, 2.05) is 0 Å². The number of carbonyl (C=O) groups excluding carboxylic acids is 1. The van der Waals surface area contributed by atoms with Crippen molar-refractivity contribution in [2.75, 3.05) is 31.4 Å². The summed E-state index contributed by atoms with van der Waals surface area (Å²) >= 11 is 5.16. The number of sulfonamides is 1. The van der Waals surface area contributed by atoms with Gasteiger partial charge in [-0.15, -0.1) is 10.2 Å². The van der Waals surface area contributed by atoms with Gasteiger partial charge in [-0.3, -0.25) is 14.8 Å². The molecule has 2 aromatic carbocycles. The molecule has 0 fully saturated rings. The molecule has 0 radical (unpaired) electrons. The van der Waals surface area contributed by atoms with Crippen LogP contribution in [-0.4, -0.2) is 51.0 Å². The van der Waals surface area contributed by atoms with Gasteiger partial charge in [-0.2, -0.15) is 0 Å². The highest BCUT2D eigenvalue weighted by Gasteiger charge is 2.15. The Kier molecular flexibility index (Phi) is 8.76. The average molecular weight is 530 g/mol. The van der Waals surface area contributed by atoms with Crippen LogP contribution in [0.15, 0.2) is 65.6 Å². The predicted octanol–water partition coefficient (Wildman–Crippen LogP) is 2.83. The molecule has 0 atom stereocenters. The number of ether oxygens (including phenoxy) is 3. The van der Waals surface area contributed by atoms with Crippen LogP contribution < -0.4 is 29.6 Å². The largest absolute Gasteiger partial charge is 0.493 e. The lowest BCUT2D eigenvalue weighted by molar-refractivity contribution is -0.115. The predicted molar refractivity (Wildman–Crippen MR) is 139 cm³/mol. The Labute approximate surface area is 213 Å². The Morgan fingerprint density at radius 1 is 0.917 bits per heavy atom. The second-order valence-corrected chi connectivity index (χ2v) is 9.07. The topological polar surface area (TPSA) is 141 Å². The molecule has 0 aliphatic heterocycles. The van der Waals surface area contributed by atoms with Crippen molar-refractivity contribution in [3.8, 4) is 17.4 Å². The van der Waals surface area contributed by atoms with Gasteiger partial charge in [0.2, 0.25) is 11.8 Å². The lowest BCUT2D eigenvalue weighted by atomic mass is 10.2. The zero-order valence-corrected chi connectivity index (χ0v) is 21.1. The fourth-order valence-electron chi connectivity index (χ4n) is 2.84. The van der Waals surface area contributed by atoms with Crippen LogP contribution in [0.25, 0.3) is 6.08 Å². The fraction of sp³-hybridized carbons (Fsp3) is 0.130. The van der Waals surface area contributed by atoms with E-state index in [9.17, 15) is 13.2 Å². The van der Waals surface area contributed by atoms with E-state index in [-0.39, 0.29) is 21.7 Å². The SMILES string of the molecule is COc1ccc(NS(=O)(=O)c2ccc(NC(=S)NC(=O)C=Cc3ccc(OC)c(OC)c3)cc2)nn1. The van der Waals surface area contributed by atoms with Crippen molar-refractivity contribution in [1.82, 2.24) is 15.5 Å². The van der Waals surface area contributed by atoms with Crippen molar-refractivity contribution in [3.05, 3.63) is 66.2 Å². The number of carbonyl (C=O) groups is 1. The van der Waals surface area contributed by atoms with Gasteiger partial charge in [0.15, 0.2) is 22.4 Å². The van der Waals surface area contributed by atoms with Crippen LogP contribution in [0.3, 0.4) is 0 Å². The maximum Gasteiger partial charge on any atom is 0.263 e. The minimum Gasteiger partial charge on any atom is -0.493 e. The molecular weight excluding hydrogens is 506 g/mol. The summed E-state index contributed by atoms with van der Waals surface area (Å²) in [7, 11) is 0.600. The molecule has 0 aliphatic rings. The molecule has 1 amide bonds. The first-order chi connectivity index (χ1) is 17.2. The minimum atomic E-state index is -3.89. The number of nitrogens with zero attached hydrogens (tertiary/aromatic N) is 2. The first-order valence-electron chi connectivity index (χ1n) is 10.3. The van der Waals surface area contributed by atoms with Crippen molar-refractivity contribution in [2.24, 2.45) is 0 Å². The first kappa shape index (κ1) is 26.4. The fourth-order valence-corrected chi connectivity index (χ4v) is 4.06. The smallest absolute Gasteiger partial charge is 0.263 e. The summed E-state index contributed by atoms with van der Waals surface area (Å²) in [4.78, 5) is 12.2. The van der Waals surface area contributed by atoms with Gasteiger partial charge in [-0.05, 0) is 66.3 Å². The lowest BCUT2D eigenvalue weighted by Crippen LogP contribution is -2.32. The van der Waals surface area contributed by atoms with Gasteiger partial charge in [0, 0.05) is 17.8 Å². The van der Waals surface area contributed by atoms with E-state index in [0.717, 1.165) is 5.56 Å². The van der Waals surface area contributed by atoms with Crippen LogP contribution >= 0.6 is 12.2 Å². The molecule has 1 heterocycles. The Morgan fingerprint density at radius 3 is 2.25 bits per heavy atom. The van der Waals surface area contributed by atoms with Crippen molar-refractivity contribution in [2.45, 2.75) is 4.90 Å². The highest BCUT2D eigenvalue weighted by atomic mass is 32.2. The van der Waals surface area contributed by atoms with Gasteiger partial charge >= 0.3 is 0 Å². The number of hydrogen-bond donors (Lipinski definition) is 3. The van der Waals surface area contributed by atoms with E-state index in [1.54, 1.807) is 24.3 Å². The Balaban J connectivity index is 1.56. The highest BCUT2D eigenvalue weighted by molar-refractivity contribution is 7.92. The van der Waals surface area contributed by atoms with Gasteiger partial charge in [-0.25, -0.2) is 8.42 Å². The zero-order valence-electron chi connectivity index (χ0n) is 19.5. The summed E-state index contributed by atoms with van der Waals surface area (Å²) in [6, 6.07) is 13.9. The third-order valence-corrected chi connectivity index (χ3v) is 6.16. The quantitative estimate of drug-likeness (QED) is 0.280. The molecular formula is C23H23N5O6S2. The second-order valence-electron chi connectivity index (χ2n) is 6.98. The Hall–Kier alpha value is -4.23. The number of hydrogen-bond acceptors (Lipinski definition) is 9. The van der Waals surface area contributed by atoms with Gasteiger partial charge in [0.1, 0.15) is 0 Å². The minimum absolute atomic E-state index is 0.00141. The molecule has 3 aromatic rings. The van der Waals surface area contributed by atoms with E-state index in [2.05, 4.69) is 25.6 Å². The molecule has 3 N–H and O–H groups in total. The summed E-state index contributed by atoms with van der Waals surface area (Å²) in [5.41, 5.74) is 1.21. The third kappa shape index (κ3) is 7.13. The summed E-state index contributed by atoms with van der Waals surface area (Å²) in [5.74, 6) is 0.963. The molecule has 13 heteroatoms. The van der Waals surface area contributed by atoms with E-state index in [1.165, 1.54) is 63.8 Å². The van der Waals surface area contributed by atoms with E-state index < -0.39 is 15.9 Å². The van der Waals surface area contributed by atoms with Crippen LogP contribution in [0.5, 0.6) is 17.4 Å². The molecule has 0 aliphatic carbocycles. The maximum atomic E-state index is 12.6. The highest BCUT2D eigenvalue weighted by Crippen LogP contribution is 2.28. The molecule has 0 saturated carbocycles. The standard InChI is InChI=1S/C23H23N5O6S2/c1-32-18-10-4-15(14-19(18)33-2)5-12-21(29)25-23(35)24-16-6-8-17(9-7-16)36(30,31)28-20-11-13-22(34-3)27-26-20/h4-14H,1-3H3,(H,26,28)(H2,24,25,29,35). The van der Waals surface area contributed by atoms with Crippen LogP contribution in [-0.2, 0) is 14.8 Å². The number of nitrogens with one attached hydrogen (secondary N) is 3. The van der Waals surface area contributed by atoms with Crippen LogP contribution in [0.1, 0.15) is 5.56 Å². The molecule has 0 bridgehead atoms.